The number of carboxylic acids is 1. The topological polar surface area (TPSA) is 63.3 Å². The molecule has 0 saturated heterocycles. The van der Waals surface area contributed by atoms with Crippen LogP contribution in [0.1, 0.15) is 5.56 Å². The molecule has 0 fully saturated rings. The molecule has 0 aliphatic rings. The lowest BCUT2D eigenvalue weighted by Crippen LogP contribution is -2.32. The molecule has 2 aromatic rings. The number of hydrogen-bond donors (Lipinski definition) is 2. The van der Waals surface area contributed by atoms with E-state index in [1.807, 2.05) is 0 Å². The van der Waals surface area contributed by atoms with Gasteiger partial charge in [0.15, 0.2) is 11.6 Å². The number of hydrogen-bond acceptors (Lipinski definition) is 2. The molecule has 1 unspecified atom stereocenters. The first-order valence-corrected chi connectivity index (χ1v) is 6.00. The van der Waals surface area contributed by atoms with Crippen LogP contribution >= 0.6 is 0 Å². The average molecular weight is 277 g/mol. The fourth-order valence-electron chi connectivity index (χ4n) is 1.89. The van der Waals surface area contributed by atoms with Crippen molar-refractivity contribution in [2.24, 2.45) is 5.73 Å². The molecular weight excluding hydrogens is 264 g/mol. The maximum Gasteiger partial charge on any atom is 0.320 e. The molecule has 0 spiro atoms. The van der Waals surface area contributed by atoms with Gasteiger partial charge < -0.3 is 10.8 Å². The largest absolute Gasteiger partial charge is 0.480 e. The highest BCUT2D eigenvalue weighted by Crippen LogP contribution is 2.23. The maximum atomic E-state index is 13.2. The molecular formula is C15H13F2NO2. The van der Waals surface area contributed by atoms with E-state index in [1.165, 1.54) is 6.07 Å². The van der Waals surface area contributed by atoms with Gasteiger partial charge in [-0.2, -0.15) is 0 Å². The summed E-state index contributed by atoms with van der Waals surface area (Å²) in [5.74, 6) is -2.91. The smallest absolute Gasteiger partial charge is 0.320 e. The van der Waals surface area contributed by atoms with Crippen molar-refractivity contribution in [2.45, 2.75) is 12.5 Å². The van der Waals surface area contributed by atoms with E-state index in [9.17, 15) is 13.6 Å². The quantitative estimate of drug-likeness (QED) is 0.902. The van der Waals surface area contributed by atoms with E-state index in [0.717, 1.165) is 17.7 Å². The first-order valence-electron chi connectivity index (χ1n) is 6.00. The zero-order chi connectivity index (χ0) is 14.7. The van der Waals surface area contributed by atoms with Gasteiger partial charge in [0.1, 0.15) is 6.04 Å². The summed E-state index contributed by atoms with van der Waals surface area (Å²) in [7, 11) is 0. The van der Waals surface area contributed by atoms with E-state index < -0.39 is 23.6 Å². The predicted octanol–water partition coefficient (Wildman–Crippen LogP) is 2.59. The summed E-state index contributed by atoms with van der Waals surface area (Å²) in [5.41, 5.74) is 7.40. The second-order valence-electron chi connectivity index (χ2n) is 4.48. The Bertz CT molecular complexity index is 644. The van der Waals surface area contributed by atoms with Crippen LogP contribution in [0.4, 0.5) is 8.78 Å². The van der Waals surface area contributed by atoms with E-state index in [4.69, 9.17) is 10.8 Å². The zero-order valence-corrected chi connectivity index (χ0v) is 10.5. The van der Waals surface area contributed by atoms with Gasteiger partial charge in [-0.15, -0.1) is 0 Å². The molecule has 1 atom stereocenters. The molecule has 3 N–H and O–H groups in total. The van der Waals surface area contributed by atoms with Crippen LogP contribution in [-0.4, -0.2) is 17.1 Å². The highest BCUT2D eigenvalue weighted by molar-refractivity contribution is 5.73. The third-order valence-corrected chi connectivity index (χ3v) is 2.95. The van der Waals surface area contributed by atoms with Gasteiger partial charge in [0.05, 0.1) is 0 Å². The molecule has 0 aliphatic carbocycles. The van der Waals surface area contributed by atoms with Crippen molar-refractivity contribution >= 4 is 5.97 Å². The Kier molecular flexibility index (Phi) is 4.10. The normalized spacial score (nSPS) is 12.2. The number of benzene rings is 2. The third-order valence-electron chi connectivity index (χ3n) is 2.95. The number of carbonyl (C=O) groups is 1. The highest BCUT2D eigenvalue weighted by atomic mass is 19.2. The van der Waals surface area contributed by atoms with Crippen LogP contribution in [0, 0.1) is 11.6 Å². The van der Waals surface area contributed by atoms with Crippen LogP contribution in [0.3, 0.4) is 0 Å². The van der Waals surface area contributed by atoms with Gasteiger partial charge in [-0.05, 0) is 35.2 Å². The van der Waals surface area contributed by atoms with E-state index >= 15 is 0 Å². The summed E-state index contributed by atoms with van der Waals surface area (Å²) >= 11 is 0. The van der Waals surface area contributed by atoms with Crippen LogP contribution < -0.4 is 5.73 Å². The Morgan fingerprint density at radius 1 is 1.10 bits per heavy atom. The molecule has 20 heavy (non-hydrogen) atoms. The monoisotopic (exact) mass is 277 g/mol. The second kappa shape index (κ2) is 5.79. The summed E-state index contributed by atoms with van der Waals surface area (Å²) < 4.78 is 26.1. The summed E-state index contributed by atoms with van der Waals surface area (Å²) in [5, 5.41) is 8.78. The Hall–Kier alpha value is -2.27. The number of nitrogens with two attached hydrogens (primary N) is 1. The van der Waals surface area contributed by atoms with Crippen molar-refractivity contribution in [3.63, 3.8) is 0 Å². The summed E-state index contributed by atoms with van der Waals surface area (Å²) in [6, 6.07) is 9.56. The number of aliphatic carboxylic acids is 1. The predicted molar refractivity (Wildman–Crippen MR) is 71.1 cm³/mol. The molecule has 0 aliphatic heterocycles. The van der Waals surface area contributed by atoms with Crippen LogP contribution in [0.15, 0.2) is 42.5 Å². The third kappa shape index (κ3) is 3.19. The minimum Gasteiger partial charge on any atom is -0.480 e. The van der Waals surface area contributed by atoms with E-state index in [-0.39, 0.29) is 6.42 Å². The number of rotatable bonds is 4. The molecule has 5 heteroatoms. The van der Waals surface area contributed by atoms with Gasteiger partial charge in [-0.3, -0.25) is 4.79 Å². The first kappa shape index (κ1) is 14.1. The second-order valence-corrected chi connectivity index (χ2v) is 4.48. The number of carboxylic acid groups (broad SMARTS) is 1. The Morgan fingerprint density at radius 3 is 2.45 bits per heavy atom. The zero-order valence-electron chi connectivity index (χ0n) is 10.5. The first-order chi connectivity index (χ1) is 9.47. The van der Waals surface area contributed by atoms with Crippen LogP contribution in [0.2, 0.25) is 0 Å². The lowest BCUT2D eigenvalue weighted by molar-refractivity contribution is -0.138. The van der Waals surface area contributed by atoms with Gasteiger partial charge in [0.25, 0.3) is 0 Å². The van der Waals surface area contributed by atoms with Gasteiger partial charge in [0, 0.05) is 0 Å². The maximum absolute atomic E-state index is 13.2. The van der Waals surface area contributed by atoms with Crippen LogP contribution in [-0.2, 0) is 11.2 Å². The van der Waals surface area contributed by atoms with Crippen molar-refractivity contribution in [1.82, 2.24) is 0 Å². The van der Waals surface area contributed by atoms with Crippen molar-refractivity contribution in [1.29, 1.82) is 0 Å². The molecule has 2 rings (SSSR count). The molecule has 0 heterocycles. The molecule has 0 aromatic heterocycles. The molecule has 3 nitrogen and oxygen atoms in total. The van der Waals surface area contributed by atoms with Crippen LogP contribution in [0.5, 0.6) is 0 Å². The summed E-state index contributed by atoms with van der Waals surface area (Å²) in [6.45, 7) is 0. The van der Waals surface area contributed by atoms with Gasteiger partial charge in [-0.1, -0.05) is 30.3 Å². The SMILES string of the molecule is NC(Cc1cccc(-c2ccc(F)c(F)c2)c1)C(=O)O. The Balaban J connectivity index is 2.29. The minimum atomic E-state index is -1.08. The van der Waals surface area contributed by atoms with Crippen LogP contribution in [0.25, 0.3) is 11.1 Å². The van der Waals surface area contributed by atoms with Crippen molar-refractivity contribution in [2.75, 3.05) is 0 Å². The molecule has 0 radical (unpaired) electrons. The Labute approximate surface area is 114 Å². The number of halogens is 2. The lowest BCUT2D eigenvalue weighted by Gasteiger charge is -2.09. The fourth-order valence-corrected chi connectivity index (χ4v) is 1.89. The Morgan fingerprint density at radius 2 is 1.80 bits per heavy atom. The van der Waals surface area contributed by atoms with E-state index in [2.05, 4.69) is 0 Å². The van der Waals surface area contributed by atoms with E-state index in [0.29, 0.717) is 11.1 Å². The standard InChI is InChI=1S/C15H13F2NO2/c16-12-5-4-11(8-13(12)17)10-3-1-2-9(6-10)7-14(18)15(19)20/h1-6,8,14H,7,18H2,(H,19,20). The molecule has 0 amide bonds. The molecule has 2 aromatic carbocycles. The molecule has 104 valence electrons. The highest BCUT2D eigenvalue weighted by Gasteiger charge is 2.12. The van der Waals surface area contributed by atoms with Crippen molar-refractivity contribution < 1.29 is 18.7 Å². The van der Waals surface area contributed by atoms with Crippen molar-refractivity contribution in [3.05, 3.63) is 59.7 Å². The lowest BCUT2D eigenvalue weighted by atomic mass is 9.99. The molecule has 0 saturated carbocycles. The van der Waals surface area contributed by atoms with Gasteiger partial charge >= 0.3 is 5.97 Å². The van der Waals surface area contributed by atoms with Gasteiger partial charge in [0.2, 0.25) is 0 Å². The average Bonchev–Trinajstić information content (AvgIpc) is 2.42. The molecule has 0 bridgehead atoms. The van der Waals surface area contributed by atoms with E-state index in [1.54, 1.807) is 24.3 Å². The van der Waals surface area contributed by atoms with Gasteiger partial charge in [-0.25, -0.2) is 8.78 Å². The fraction of sp³-hybridized carbons (Fsp3) is 0.133. The summed E-state index contributed by atoms with van der Waals surface area (Å²) in [4.78, 5) is 10.7. The van der Waals surface area contributed by atoms with Crippen molar-refractivity contribution in [3.8, 4) is 11.1 Å². The minimum absolute atomic E-state index is 0.173. The summed E-state index contributed by atoms with van der Waals surface area (Å²) in [6.07, 6.45) is 0.173.